The molecule has 1 aliphatic carbocycles. The maximum atomic E-state index is 12.5. The summed E-state index contributed by atoms with van der Waals surface area (Å²) in [5.74, 6) is 1.10. The Balaban J connectivity index is 0.00000176. The van der Waals surface area contributed by atoms with Crippen LogP contribution in [0.1, 0.15) is 31.7 Å². The Morgan fingerprint density at radius 3 is 2.82 bits per heavy atom. The van der Waals surface area contributed by atoms with Crippen LogP contribution in [0.25, 0.3) is 0 Å². The Morgan fingerprint density at radius 2 is 2.14 bits per heavy atom. The number of benzene rings is 1. The van der Waals surface area contributed by atoms with E-state index in [0.717, 1.165) is 49.4 Å². The molecule has 22 heavy (non-hydrogen) atoms. The van der Waals surface area contributed by atoms with Crippen molar-refractivity contribution >= 4 is 24.0 Å². The van der Waals surface area contributed by atoms with E-state index in [4.69, 9.17) is 4.74 Å². The Bertz CT molecular complexity index is 541. The van der Waals surface area contributed by atoms with E-state index < -0.39 is 0 Å². The molecule has 1 heterocycles. The van der Waals surface area contributed by atoms with E-state index >= 15 is 0 Å². The van der Waals surface area contributed by atoms with Crippen LogP contribution in [0.15, 0.2) is 18.2 Å². The van der Waals surface area contributed by atoms with Crippen LogP contribution in [0.3, 0.4) is 0 Å². The summed E-state index contributed by atoms with van der Waals surface area (Å²) in [5, 5.41) is 6.44. The van der Waals surface area contributed by atoms with Gasteiger partial charge in [0.05, 0.1) is 12.3 Å². The molecule has 5 heteroatoms. The van der Waals surface area contributed by atoms with Crippen molar-refractivity contribution in [2.45, 2.75) is 33.1 Å². The maximum Gasteiger partial charge on any atom is 0.228 e. The summed E-state index contributed by atoms with van der Waals surface area (Å²) in [7, 11) is 0. The highest BCUT2D eigenvalue weighted by Gasteiger charge is 2.57. The van der Waals surface area contributed by atoms with Gasteiger partial charge in [0, 0.05) is 5.92 Å². The first-order chi connectivity index (χ1) is 10.1. The Hall–Kier alpha value is -1.26. The lowest BCUT2D eigenvalue weighted by Gasteiger charge is -2.23. The minimum atomic E-state index is 0. The molecule has 1 aromatic rings. The molecule has 122 valence electrons. The Morgan fingerprint density at radius 1 is 1.41 bits per heavy atom. The molecule has 1 amide bonds. The zero-order valence-corrected chi connectivity index (χ0v) is 14.1. The van der Waals surface area contributed by atoms with Gasteiger partial charge in [-0.2, -0.15) is 0 Å². The van der Waals surface area contributed by atoms with Gasteiger partial charge < -0.3 is 15.4 Å². The highest BCUT2D eigenvalue weighted by molar-refractivity contribution is 5.96. The van der Waals surface area contributed by atoms with Crippen molar-refractivity contribution in [2.75, 3.05) is 25.0 Å². The second-order valence-electron chi connectivity index (χ2n) is 6.29. The lowest BCUT2D eigenvalue weighted by atomic mass is 9.92. The smallest absolute Gasteiger partial charge is 0.228 e. The molecule has 1 aliphatic heterocycles. The van der Waals surface area contributed by atoms with Crippen LogP contribution >= 0.6 is 12.4 Å². The number of carbonyl (C=O) groups excluding carboxylic acids is 1. The summed E-state index contributed by atoms with van der Waals surface area (Å²) in [4.78, 5) is 12.5. The largest absolute Gasteiger partial charge is 0.492 e. The van der Waals surface area contributed by atoms with E-state index in [9.17, 15) is 4.79 Å². The van der Waals surface area contributed by atoms with E-state index in [2.05, 4.69) is 10.6 Å². The number of nitrogens with one attached hydrogen (secondary N) is 2. The summed E-state index contributed by atoms with van der Waals surface area (Å²) in [6.45, 7) is 6.67. The third kappa shape index (κ3) is 3.39. The molecule has 2 N–H and O–H groups in total. The molecular formula is C17H25ClN2O2. The van der Waals surface area contributed by atoms with Crippen LogP contribution in [0, 0.1) is 18.3 Å². The van der Waals surface area contributed by atoms with Crippen LogP contribution in [0.2, 0.25) is 0 Å². The minimum Gasteiger partial charge on any atom is -0.492 e. The quantitative estimate of drug-likeness (QED) is 0.894. The van der Waals surface area contributed by atoms with Crippen molar-refractivity contribution in [2.24, 2.45) is 11.3 Å². The van der Waals surface area contributed by atoms with Gasteiger partial charge in [-0.25, -0.2) is 0 Å². The highest BCUT2D eigenvalue weighted by atomic mass is 35.5. The van der Waals surface area contributed by atoms with Gasteiger partial charge in [-0.05, 0) is 69.3 Å². The van der Waals surface area contributed by atoms with Crippen LogP contribution in [-0.4, -0.2) is 25.6 Å². The fourth-order valence-electron chi connectivity index (χ4n) is 3.42. The lowest BCUT2D eigenvalue weighted by molar-refractivity contribution is -0.118. The van der Waals surface area contributed by atoms with Crippen molar-refractivity contribution in [3.63, 3.8) is 0 Å². The molecule has 1 spiro atoms. The molecular weight excluding hydrogens is 300 g/mol. The van der Waals surface area contributed by atoms with Crippen LogP contribution < -0.4 is 15.4 Å². The number of hydrogen-bond acceptors (Lipinski definition) is 3. The molecule has 2 aliphatic rings. The van der Waals surface area contributed by atoms with Crippen molar-refractivity contribution < 1.29 is 9.53 Å². The van der Waals surface area contributed by atoms with Crippen molar-refractivity contribution in [1.29, 1.82) is 0 Å². The van der Waals surface area contributed by atoms with E-state index in [1.807, 2.05) is 32.0 Å². The number of rotatable bonds is 4. The number of carbonyl (C=O) groups is 1. The molecule has 0 radical (unpaired) electrons. The Kier molecular flexibility index (Phi) is 5.35. The molecule has 1 saturated carbocycles. The van der Waals surface area contributed by atoms with Crippen LogP contribution in [0.5, 0.6) is 5.75 Å². The third-order valence-corrected chi connectivity index (χ3v) is 4.80. The summed E-state index contributed by atoms with van der Waals surface area (Å²) < 4.78 is 5.63. The van der Waals surface area contributed by atoms with Gasteiger partial charge >= 0.3 is 0 Å². The molecule has 2 fully saturated rings. The van der Waals surface area contributed by atoms with Gasteiger partial charge in [0.2, 0.25) is 5.91 Å². The standard InChI is InChI=1S/C17H24N2O2.ClH/c1-3-21-15-10-12(2)4-5-14(15)19-16(20)13-11-17(13)6-8-18-9-7-17;/h4-5,10,13,18H,3,6-9,11H2,1-2H3,(H,19,20);1H. The second-order valence-corrected chi connectivity index (χ2v) is 6.29. The SMILES string of the molecule is CCOc1cc(C)ccc1NC(=O)C1CC12CCNCC2.Cl. The summed E-state index contributed by atoms with van der Waals surface area (Å²) in [6, 6.07) is 5.92. The van der Waals surface area contributed by atoms with E-state index in [1.165, 1.54) is 0 Å². The highest BCUT2D eigenvalue weighted by Crippen LogP contribution is 2.58. The van der Waals surface area contributed by atoms with Crippen molar-refractivity contribution in [1.82, 2.24) is 5.32 Å². The van der Waals surface area contributed by atoms with Crippen molar-refractivity contribution in [3.8, 4) is 5.75 Å². The van der Waals surface area contributed by atoms with Gasteiger partial charge in [0.15, 0.2) is 0 Å². The van der Waals surface area contributed by atoms with E-state index in [0.29, 0.717) is 6.61 Å². The minimum absolute atomic E-state index is 0. The van der Waals surface area contributed by atoms with Gasteiger partial charge in [-0.3, -0.25) is 4.79 Å². The topological polar surface area (TPSA) is 50.4 Å². The molecule has 0 aromatic heterocycles. The summed E-state index contributed by atoms with van der Waals surface area (Å²) in [5.41, 5.74) is 2.20. The van der Waals surface area contributed by atoms with Gasteiger partial charge in [0.25, 0.3) is 0 Å². The number of amides is 1. The number of anilines is 1. The first kappa shape index (κ1) is 17.1. The number of piperidine rings is 1. The predicted octanol–water partition coefficient (Wildman–Crippen LogP) is 3.14. The van der Waals surface area contributed by atoms with Crippen LogP contribution in [0.4, 0.5) is 5.69 Å². The van der Waals surface area contributed by atoms with Crippen molar-refractivity contribution in [3.05, 3.63) is 23.8 Å². The zero-order valence-electron chi connectivity index (χ0n) is 13.3. The molecule has 1 unspecified atom stereocenters. The van der Waals surface area contributed by atoms with E-state index in [-0.39, 0.29) is 29.6 Å². The lowest BCUT2D eigenvalue weighted by Crippen LogP contribution is -2.31. The van der Waals surface area contributed by atoms with Crippen LogP contribution in [-0.2, 0) is 4.79 Å². The van der Waals surface area contributed by atoms with Gasteiger partial charge in [-0.1, -0.05) is 6.07 Å². The van der Waals surface area contributed by atoms with E-state index in [1.54, 1.807) is 0 Å². The number of halogens is 1. The first-order valence-corrected chi connectivity index (χ1v) is 7.90. The van der Waals surface area contributed by atoms with Gasteiger partial charge in [0.1, 0.15) is 5.75 Å². The number of ether oxygens (including phenoxy) is 1. The predicted molar refractivity (Wildman–Crippen MR) is 90.9 cm³/mol. The molecule has 3 rings (SSSR count). The second kappa shape index (κ2) is 6.88. The Labute approximate surface area is 138 Å². The fourth-order valence-corrected chi connectivity index (χ4v) is 3.42. The average Bonchev–Trinajstić information content (AvgIpc) is 3.16. The molecule has 1 aromatic carbocycles. The maximum absolute atomic E-state index is 12.5. The average molecular weight is 325 g/mol. The molecule has 1 atom stereocenters. The number of hydrogen-bond donors (Lipinski definition) is 2. The zero-order chi connectivity index (χ0) is 14.9. The fraction of sp³-hybridized carbons (Fsp3) is 0.588. The molecule has 4 nitrogen and oxygen atoms in total. The summed E-state index contributed by atoms with van der Waals surface area (Å²) in [6.07, 6.45) is 3.28. The first-order valence-electron chi connectivity index (χ1n) is 7.90. The third-order valence-electron chi connectivity index (χ3n) is 4.80. The monoisotopic (exact) mass is 324 g/mol. The molecule has 0 bridgehead atoms. The normalized spacial score (nSPS) is 21.8. The van der Waals surface area contributed by atoms with Gasteiger partial charge in [-0.15, -0.1) is 12.4 Å². The summed E-state index contributed by atoms with van der Waals surface area (Å²) >= 11 is 0. The molecule has 1 saturated heterocycles. The number of aryl methyl sites for hydroxylation is 1.